The monoisotopic (exact) mass is 307 g/mol. The summed E-state index contributed by atoms with van der Waals surface area (Å²) < 4.78 is 5.27. The largest absolute Gasteiger partial charge is 0.463 e. The minimum atomic E-state index is -0.101. The van der Waals surface area contributed by atoms with E-state index in [2.05, 4.69) is 10.3 Å². The van der Waals surface area contributed by atoms with Crippen LogP contribution in [0.2, 0.25) is 0 Å². The van der Waals surface area contributed by atoms with Gasteiger partial charge in [-0.15, -0.1) is 11.3 Å². The van der Waals surface area contributed by atoms with Gasteiger partial charge in [-0.05, 0) is 31.5 Å². The summed E-state index contributed by atoms with van der Waals surface area (Å²) in [6, 6.07) is 3.73. The second-order valence-corrected chi connectivity index (χ2v) is 5.87. The Morgan fingerprint density at radius 2 is 2.52 bits per heavy atom. The van der Waals surface area contributed by atoms with E-state index in [4.69, 9.17) is 4.42 Å². The number of anilines is 1. The molecule has 7 heteroatoms. The molecule has 1 unspecified atom stereocenters. The fraction of sp³-hybridized carbons (Fsp3) is 0.429. The molecule has 0 aliphatic carbocycles. The number of likely N-dealkylation sites (tertiary alicyclic amines) is 1. The van der Waals surface area contributed by atoms with Gasteiger partial charge in [0.2, 0.25) is 5.91 Å². The van der Waals surface area contributed by atoms with Crippen molar-refractivity contribution in [3.05, 3.63) is 23.8 Å². The van der Waals surface area contributed by atoms with Gasteiger partial charge in [-0.25, -0.2) is 4.98 Å². The number of aliphatic hydroxyl groups excluding tert-OH is 1. The molecule has 0 aromatic carbocycles. The van der Waals surface area contributed by atoms with Crippen LogP contribution in [0.15, 0.2) is 28.2 Å². The smallest absolute Gasteiger partial charge is 0.240 e. The molecule has 2 aromatic heterocycles. The molecule has 2 N–H and O–H groups in total. The van der Waals surface area contributed by atoms with E-state index < -0.39 is 0 Å². The van der Waals surface area contributed by atoms with Crippen molar-refractivity contribution in [3.63, 3.8) is 0 Å². The van der Waals surface area contributed by atoms with Crippen LogP contribution in [0.3, 0.4) is 0 Å². The number of hydrogen-bond acceptors (Lipinski definition) is 6. The summed E-state index contributed by atoms with van der Waals surface area (Å²) in [4.78, 5) is 18.4. The van der Waals surface area contributed by atoms with Crippen LogP contribution in [0.4, 0.5) is 5.13 Å². The molecule has 112 valence electrons. The highest BCUT2D eigenvalue weighted by Crippen LogP contribution is 2.25. The number of hydrogen-bond donors (Lipinski definition) is 2. The van der Waals surface area contributed by atoms with Crippen LogP contribution < -0.4 is 5.32 Å². The summed E-state index contributed by atoms with van der Waals surface area (Å²) in [6.07, 6.45) is 3.57. The molecule has 2 aromatic rings. The quantitative estimate of drug-likeness (QED) is 0.880. The van der Waals surface area contributed by atoms with Crippen LogP contribution in [-0.4, -0.2) is 46.6 Å². The molecule has 0 spiro atoms. The Balaban J connectivity index is 1.58. The Hall–Kier alpha value is -1.70. The molecule has 1 aliphatic rings. The lowest BCUT2D eigenvalue weighted by Gasteiger charge is -2.21. The third-order valence-electron chi connectivity index (χ3n) is 3.58. The highest BCUT2D eigenvalue weighted by molar-refractivity contribution is 7.14. The van der Waals surface area contributed by atoms with Crippen LogP contribution in [0.25, 0.3) is 11.5 Å². The molecule has 0 saturated carbocycles. The van der Waals surface area contributed by atoms with E-state index in [1.165, 1.54) is 11.3 Å². The second-order valence-electron chi connectivity index (χ2n) is 5.01. The van der Waals surface area contributed by atoms with Gasteiger partial charge in [0.15, 0.2) is 10.9 Å². The van der Waals surface area contributed by atoms with Crippen molar-refractivity contribution in [1.29, 1.82) is 0 Å². The number of aliphatic hydroxyl groups is 1. The first-order valence-corrected chi connectivity index (χ1v) is 7.78. The molecule has 6 nitrogen and oxygen atoms in total. The van der Waals surface area contributed by atoms with E-state index in [1.54, 1.807) is 12.3 Å². The normalized spacial score (nSPS) is 19.0. The van der Waals surface area contributed by atoms with Crippen molar-refractivity contribution < 1.29 is 14.3 Å². The maximum absolute atomic E-state index is 12.0. The van der Waals surface area contributed by atoms with E-state index in [9.17, 15) is 9.90 Å². The highest BCUT2D eigenvalue weighted by Gasteiger charge is 2.25. The standard InChI is InChI=1S/C14H17N3O3S/c18-8-10-3-1-5-17(10)7-13(19)16-14-15-11(9-21-14)12-4-2-6-20-12/h2,4,6,9-10,18H,1,3,5,7-8H2,(H,15,16,19). The van der Waals surface area contributed by atoms with Crippen LogP contribution in [-0.2, 0) is 4.79 Å². The SMILES string of the molecule is O=C(CN1CCCC1CO)Nc1nc(-c2ccco2)cs1. The average molecular weight is 307 g/mol. The molecule has 1 saturated heterocycles. The van der Waals surface area contributed by atoms with Crippen molar-refractivity contribution in [2.45, 2.75) is 18.9 Å². The zero-order valence-corrected chi connectivity index (χ0v) is 12.3. The van der Waals surface area contributed by atoms with E-state index in [0.29, 0.717) is 17.4 Å². The summed E-state index contributed by atoms with van der Waals surface area (Å²) >= 11 is 1.37. The number of nitrogens with zero attached hydrogens (tertiary/aromatic N) is 2. The summed E-state index contributed by atoms with van der Waals surface area (Å²) in [5.41, 5.74) is 0.717. The lowest BCUT2D eigenvalue weighted by Crippen LogP contribution is -2.38. The number of furan rings is 1. The minimum Gasteiger partial charge on any atom is -0.463 e. The Labute approximate surface area is 126 Å². The van der Waals surface area contributed by atoms with Crippen LogP contribution in [0, 0.1) is 0 Å². The molecule has 1 aliphatic heterocycles. The first kappa shape index (κ1) is 14.2. The lowest BCUT2D eigenvalue weighted by atomic mass is 10.2. The number of thiazole rings is 1. The van der Waals surface area contributed by atoms with E-state index >= 15 is 0 Å². The minimum absolute atomic E-state index is 0.101. The predicted molar refractivity (Wildman–Crippen MR) is 80.1 cm³/mol. The fourth-order valence-corrected chi connectivity index (χ4v) is 3.24. The van der Waals surface area contributed by atoms with Crippen molar-refractivity contribution >= 4 is 22.4 Å². The third-order valence-corrected chi connectivity index (χ3v) is 4.34. The predicted octanol–water partition coefficient (Wildman–Crippen LogP) is 1.80. The summed E-state index contributed by atoms with van der Waals surface area (Å²) in [6.45, 7) is 1.25. The first-order chi connectivity index (χ1) is 10.3. The first-order valence-electron chi connectivity index (χ1n) is 6.90. The second kappa shape index (κ2) is 6.38. The van der Waals surface area contributed by atoms with E-state index in [-0.39, 0.29) is 18.6 Å². The molecule has 1 fully saturated rings. The van der Waals surface area contributed by atoms with E-state index in [0.717, 1.165) is 25.1 Å². The number of amides is 1. The third kappa shape index (κ3) is 3.31. The van der Waals surface area contributed by atoms with Crippen molar-refractivity contribution in [1.82, 2.24) is 9.88 Å². The molecule has 3 rings (SSSR count). The van der Waals surface area contributed by atoms with Crippen molar-refractivity contribution in [2.24, 2.45) is 0 Å². The van der Waals surface area contributed by atoms with Gasteiger partial charge in [-0.3, -0.25) is 9.69 Å². The average Bonchev–Trinajstić information content (AvgIpc) is 3.19. The number of rotatable bonds is 5. The maximum atomic E-state index is 12.0. The van der Waals surface area contributed by atoms with Crippen LogP contribution in [0.1, 0.15) is 12.8 Å². The number of nitrogens with one attached hydrogen (secondary N) is 1. The molecule has 0 radical (unpaired) electrons. The molecular weight excluding hydrogens is 290 g/mol. The lowest BCUT2D eigenvalue weighted by molar-refractivity contribution is -0.117. The van der Waals surface area contributed by atoms with Crippen molar-refractivity contribution in [3.8, 4) is 11.5 Å². The molecule has 1 atom stereocenters. The van der Waals surface area contributed by atoms with Crippen LogP contribution in [0.5, 0.6) is 0 Å². The number of carbonyl (C=O) groups excluding carboxylic acids is 1. The molecule has 0 bridgehead atoms. The highest BCUT2D eigenvalue weighted by atomic mass is 32.1. The zero-order valence-electron chi connectivity index (χ0n) is 11.5. The van der Waals surface area contributed by atoms with Gasteiger partial charge in [0.1, 0.15) is 5.69 Å². The zero-order chi connectivity index (χ0) is 14.7. The van der Waals surface area contributed by atoms with Gasteiger partial charge < -0.3 is 14.8 Å². The van der Waals surface area contributed by atoms with Crippen molar-refractivity contribution in [2.75, 3.05) is 25.0 Å². The van der Waals surface area contributed by atoms with Crippen LogP contribution >= 0.6 is 11.3 Å². The van der Waals surface area contributed by atoms with Gasteiger partial charge in [-0.1, -0.05) is 0 Å². The summed E-state index contributed by atoms with van der Waals surface area (Å²) in [5, 5.41) is 14.5. The molecule has 1 amide bonds. The Kier molecular flexibility index (Phi) is 4.33. The number of carbonyl (C=O) groups is 1. The van der Waals surface area contributed by atoms with Gasteiger partial charge in [0, 0.05) is 11.4 Å². The van der Waals surface area contributed by atoms with E-state index in [1.807, 2.05) is 16.3 Å². The summed E-state index contributed by atoms with van der Waals surface area (Å²) in [7, 11) is 0. The van der Waals surface area contributed by atoms with Gasteiger partial charge in [-0.2, -0.15) is 0 Å². The Bertz CT molecular complexity index is 596. The fourth-order valence-electron chi connectivity index (χ4n) is 2.52. The molecule has 21 heavy (non-hydrogen) atoms. The molecule has 3 heterocycles. The maximum Gasteiger partial charge on any atom is 0.240 e. The molecular formula is C14H17N3O3S. The Morgan fingerprint density at radius 1 is 1.62 bits per heavy atom. The summed E-state index contributed by atoms with van der Waals surface area (Å²) in [5.74, 6) is 0.585. The number of aromatic nitrogens is 1. The Morgan fingerprint density at radius 3 is 3.29 bits per heavy atom. The van der Waals surface area contributed by atoms with Gasteiger partial charge >= 0.3 is 0 Å². The topological polar surface area (TPSA) is 78.6 Å². The van der Waals surface area contributed by atoms with Gasteiger partial charge in [0.25, 0.3) is 0 Å². The van der Waals surface area contributed by atoms with Gasteiger partial charge in [0.05, 0.1) is 19.4 Å².